The van der Waals surface area contributed by atoms with Gasteiger partial charge in [-0.05, 0) is 61.6 Å². The average Bonchev–Trinajstić information content (AvgIpc) is 3.50. The number of likely N-dealkylation sites (N-methyl/N-ethyl adjacent to an activating group) is 1. The summed E-state index contributed by atoms with van der Waals surface area (Å²) in [5, 5.41) is 10.3. The number of likely N-dealkylation sites (tertiary alicyclic amines) is 1. The number of halogens is 2. The van der Waals surface area contributed by atoms with Gasteiger partial charge < -0.3 is 14.7 Å². The Kier molecular flexibility index (Phi) is 10.4. The molecule has 13 heteroatoms. The van der Waals surface area contributed by atoms with Crippen LogP contribution in [0.4, 0.5) is 4.79 Å². The number of carboxylic acid groups (broad SMARTS) is 1. The van der Waals surface area contributed by atoms with Gasteiger partial charge in [0, 0.05) is 43.8 Å². The van der Waals surface area contributed by atoms with Crippen molar-refractivity contribution < 1.29 is 24.2 Å². The molecule has 2 atom stereocenters. The third-order valence-electron chi connectivity index (χ3n) is 8.64. The van der Waals surface area contributed by atoms with E-state index < -0.39 is 24.0 Å². The van der Waals surface area contributed by atoms with Crippen molar-refractivity contribution in [1.82, 2.24) is 29.3 Å². The summed E-state index contributed by atoms with van der Waals surface area (Å²) in [5.41, 5.74) is 3.66. The van der Waals surface area contributed by atoms with Crippen molar-refractivity contribution in [3.05, 3.63) is 118 Å². The molecule has 0 aliphatic carbocycles. The van der Waals surface area contributed by atoms with Crippen molar-refractivity contribution in [3.8, 4) is 5.69 Å². The number of amides is 2. The maximum absolute atomic E-state index is 13.5. The maximum Gasteiger partial charge on any atom is 0.410 e. The van der Waals surface area contributed by atoms with E-state index in [-0.39, 0.29) is 41.2 Å². The molecule has 0 unspecified atom stereocenters. The first-order chi connectivity index (χ1) is 23.8. The summed E-state index contributed by atoms with van der Waals surface area (Å²) in [7, 11) is 0. The monoisotopic (exact) mass is 700 g/mol. The number of carbonyl (C=O) groups is 3. The zero-order chi connectivity index (χ0) is 34.5. The topological polar surface area (TPSA) is 131 Å². The SMILES string of the molecule is CCN(C(=O)c1c(Cl)cncc1Cl)[C@@H](Cc1ccc(-n2c([C@@H]3CCCCN3C(=O)OCc3ccccc3)nc3cccnc32)cc1)C(=O)O. The fourth-order valence-electron chi connectivity index (χ4n) is 6.23. The third-order valence-corrected chi connectivity index (χ3v) is 9.21. The highest BCUT2D eigenvalue weighted by Gasteiger charge is 2.34. The molecule has 1 aliphatic rings. The number of imidazole rings is 1. The Morgan fingerprint density at radius 1 is 0.980 bits per heavy atom. The van der Waals surface area contributed by atoms with Crippen LogP contribution in [0, 0.1) is 0 Å². The minimum absolute atomic E-state index is 0.00880. The van der Waals surface area contributed by atoms with Crippen LogP contribution in [0.2, 0.25) is 10.0 Å². The molecule has 0 saturated carbocycles. The molecule has 1 aliphatic heterocycles. The van der Waals surface area contributed by atoms with Crippen molar-refractivity contribution in [1.29, 1.82) is 0 Å². The molecule has 11 nitrogen and oxygen atoms in total. The second kappa shape index (κ2) is 15.0. The maximum atomic E-state index is 13.5. The molecular formula is C36H34Cl2N6O5. The van der Waals surface area contributed by atoms with Gasteiger partial charge in [0.15, 0.2) is 5.65 Å². The molecular weight excluding hydrogens is 667 g/mol. The van der Waals surface area contributed by atoms with Gasteiger partial charge in [0.2, 0.25) is 0 Å². The van der Waals surface area contributed by atoms with Crippen LogP contribution >= 0.6 is 23.2 Å². The first-order valence-corrected chi connectivity index (χ1v) is 16.7. The molecule has 3 aromatic heterocycles. The van der Waals surface area contributed by atoms with Crippen LogP contribution in [-0.2, 0) is 22.6 Å². The van der Waals surface area contributed by atoms with Gasteiger partial charge in [0.25, 0.3) is 5.91 Å². The molecule has 252 valence electrons. The molecule has 1 fully saturated rings. The van der Waals surface area contributed by atoms with E-state index in [4.69, 9.17) is 32.9 Å². The Morgan fingerprint density at radius 2 is 1.71 bits per heavy atom. The molecule has 4 heterocycles. The summed E-state index contributed by atoms with van der Waals surface area (Å²) >= 11 is 12.5. The van der Waals surface area contributed by atoms with E-state index in [1.165, 1.54) is 17.3 Å². The minimum Gasteiger partial charge on any atom is -0.480 e. The van der Waals surface area contributed by atoms with E-state index >= 15 is 0 Å². The Labute approximate surface area is 293 Å². The lowest BCUT2D eigenvalue weighted by molar-refractivity contribution is -0.142. The first-order valence-electron chi connectivity index (χ1n) is 16.0. The number of benzene rings is 2. The number of hydrogen-bond acceptors (Lipinski definition) is 7. The molecule has 6 rings (SSSR count). The zero-order valence-electron chi connectivity index (χ0n) is 26.7. The smallest absolute Gasteiger partial charge is 0.410 e. The van der Waals surface area contributed by atoms with E-state index in [1.807, 2.05) is 71.3 Å². The average molecular weight is 702 g/mol. The highest BCUT2D eigenvalue weighted by molar-refractivity contribution is 6.39. The van der Waals surface area contributed by atoms with Gasteiger partial charge >= 0.3 is 12.1 Å². The van der Waals surface area contributed by atoms with E-state index in [2.05, 4.69) is 9.97 Å². The van der Waals surface area contributed by atoms with E-state index in [0.29, 0.717) is 35.5 Å². The number of carbonyl (C=O) groups excluding carboxylic acids is 2. The second-order valence-electron chi connectivity index (χ2n) is 11.7. The molecule has 1 saturated heterocycles. The fourth-order valence-corrected chi connectivity index (χ4v) is 6.76. The van der Waals surface area contributed by atoms with Gasteiger partial charge in [-0.3, -0.25) is 19.2 Å². The number of piperidine rings is 1. The number of rotatable bonds is 10. The lowest BCUT2D eigenvalue weighted by Crippen LogP contribution is -2.46. The summed E-state index contributed by atoms with van der Waals surface area (Å²) in [6.07, 6.45) is 6.40. The van der Waals surface area contributed by atoms with Crippen LogP contribution in [0.25, 0.3) is 16.9 Å². The number of nitrogens with zero attached hydrogens (tertiary/aromatic N) is 6. The van der Waals surface area contributed by atoms with Gasteiger partial charge in [-0.1, -0.05) is 65.7 Å². The Bertz CT molecular complexity index is 1950. The molecule has 1 N–H and O–H groups in total. The number of aromatic nitrogens is 4. The Balaban J connectivity index is 1.28. The van der Waals surface area contributed by atoms with Crippen LogP contribution in [0.3, 0.4) is 0 Å². The molecule has 49 heavy (non-hydrogen) atoms. The van der Waals surface area contributed by atoms with Gasteiger partial charge in [0.1, 0.15) is 24.0 Å². The number of carboxylic acids is 1. The number of pyridine rings is 2. The van der Waals surface area contributed by atoms with E-state index in [1.54, 1.807) is 18.0 Å². The third kappa shape index (κ3) is 7.23. The number of fused-ring (bicyclic) bond motifs is 1. The fraction of sp³-hybridized carbons (Fsp3) is 0.278. The second-order valence-corrected chi connectivity index (χ2v) is 12.5. The van der Waals surface area contributed by atoms with Crippen molar-refractivity contribution in [2.45, 2.75) is 51.3 Å². The molecule has 2 amide bonds. The highest BCUT2D eigenvalue weighted by atomic mass is 35.5. The number of hydrogen-bond donors (Lipinski definition) is 1. The van der Waals surface area contributed by atoms with E-state index in [0.717, 1.165) is 24.1 Å². The largest absolute Gasteiger partial charge is 0.480 e. The summed E-state index contributed by atoms with van der Waals surface area (Å²) in [6, 6.07) is 19.1. The Morgan fingerprint density at radius 3 is 2.41 bits per heavy atom. The Hall–Kier alpha value is -5.00. The van der Waals surface area contributed by atoms with Crippen LogP contribution < -0.4 is 0 Å². The minimum atomic E-state index is -1.19. The van der Waals surface area contributed by atoms with Crippen LogP contribution in [0.1, 0.15) is 59.5 Å². The van der Waals surface area contributed by atoms with Crippen molar-refractivity contribution in [3.63, 3.8) is 0 Å². The number of aliphatic carboxylic acids is 1. The highest BCUT2D eigenvalue weighted by Crippen LogP contribution is 2.35. The predicted molar refractivity (Wildman–Crippen MR) is 185 cm³/mol. The summed E-state index contributed by atoms with van der Waals surface area (Å²) < 4.78 is 7.68. The van der Waals surface area contributed by atoms with Crippen LogP contribution in [0.15, 0.2) is 85.3 Å². The van der Waals surface area contributed by atoms with Crippen molar-refractivity contribution in [2.24, 2.45) is 0 Å². The van der Waals surface area contributed by atoms with Gasteiger partial charge in [0.05, 0.1) is 21.7 Å². The quantitative estimate of drug-likeness (QED) is 0.163. The van der Waals surface area contributed by atoms with Gasteiger partial charge in [-0.15, -0.1) is 0 Å². The summed E-state index contributed by atoms with van der Waals surface area (Å²) in [5.74, 6) is -1.09. The molecule has 0 bridgehead atoms. The summed E-state index contributed by atoms with van der Waals surface area (Å²) in [4.78, 5) is 55.9. The lowest BCUT2D eigenvalue weighted by atomic mass is 10.0. The van der Waals surface area contributed by atoms with E-state index in [9.17, 15) is 19.5 Å². The van der Waals surface area contributed by atoms with Gasteiger partial charge in [-0.2, -0.15) is 0 Å². The predicted octanol–water partition coefficient (Wildman–Crippen LogP) is 7.14. The zero-order valence-corrected chi connectivity index (χ0v) is 28.2. The molecule has 5 aromatic rings. The molecule has 0 radical (unpaired) electrons. The molecule has 0 spiro atoms. The van der Waals surface area contributed by atoms with Crippen molar-refractivity contribution in [2.75, 3.05) is 13.1 Å². The summed E-state index contributed by atoms with van der Waals surface area (Å²) in [6.45, 7) is 2.52. The molecule has 2 aromatic carbocycles. The number of ether oxygens (including phenoxy) is 1. The normalized spacial score (nSPS) is 15.2. The van der Waals surface area contributed by atoms with Crippen LogP contribution in [0.5, 0.6) is 0 Å². The van der Waals surface area contributed by atoms with Crippen molar-refractivity contribution >= 4 is 52.3 Å². The lowest BCUT2D eigenvalue weighted by Gasteiger charge is -2.34. The first kappa shape index (κ1) is 33.9. The standard InChI is InChI=1S/C36H34Cl2N6O5/c1-2-42(34(45)31-26(37)20-39-21-27(31)38)30(35(46)47)19-23-13-15-25(16-14-23)44-32-28(11-8-17-40-32)41-33(44)29-12-6-7-18-43(29)36(48)49-22-24-9-4-3-5-10-24/h3-5,8-11,13-17,20-21,29-30H,2,6-7,12,18-19,22H2,1H3,(H,46,47)/t29-,30-/m0/s1. The van der Waals surface area contributed by atoms with Crippen LogP contribution in [-0.4, -0.2) is 71.5 Å². The van der Waals surface area contributed by atoms with Gasteiger partial charge in [-0.25, -0.2) is 19.6 Å².